The second kappa shape index (κ2) is 4.79. The first-order chi connectivity index (χ1) is 10.4. The van der Waals surface area contributed by atoms with Gasteiger partial charge in [0.25, 0.3) is 0 Å². The van der Waals surface area contributed by atoms with E-state index in [0.29, 0.717) is 6.07 Å². The molecule has 0 spiro atoms. The number of rotatable bonds is 1. The molecule has 9 heteroatoms. The van der Waals surface area contributed by atoms with Gasteiger partial charge in [-0.25, -0.2) is 14.3 Å². The van der Waals surface area contributed by atoms with E-state index in [1.807, 2.05) is 0 Å². The second-order valence-corrected chi connectivity index (χ2v) is 4.33. The predicted molar refractivity (Wildman–Crippen MR) is 69.6 cm³/mol. The number of fused-ring (bicyclic) bond motifs is 1. The summed E-state index contributed by atoms with van der Waals surface area (Å²) in [5, 5.41) is 9.58. The monoisotopic (exact) mass is 308 g/mol. The van der Waals surface area contributed by atoms with Crippen molar-refractivity contribution in [3.05, 3.63) is 52.8 Å². The lowest BCUT2D eigenvalue weighted by atomic mass is 10.2. The Labute approximate surface area is 120 Å². The molecule has 0 fully saturated rings. The molecule has 3 aromatic heterocycles. The van der Waals surface area contributed by atoms with Crippen molar-refractivity contribution in [2.45, 2.75) is 6.18 Å². The van der Waals surface area contributed by atoms with E-state index in [1.165, 1.54) is 24.5 Å². The summed E-state index contributed by atoms with van der Waals surface area (Å²) in [5.74, 6) is -0.679. The van der Waals surface area contributed by atoms with E-state index in [2.05, 4.69) is 15.0 Å². The summed E-state index contributed by atoms with van der Waals surface area (Å²) in [5.41, 5.74) is -2.29. The fourth-order valence-corrected chi connectivity index (χ4v) is 1.96. The summed E-state index contributed by atoms with van der Waals surface area (Å²) < 4.78 is 39.3. The van der Waals surface area contributed by atoms with Crippen LogP contribution in [0.5, 0.6) is 5.88 Å². The van der Waals surface area contributed by atoms with Crippen molar-refractivity contribution in [3.63, 3.8) is 0 Å². The molecule has 0 atom stereocenters. The lowest BCUT2D eigenvalue weighted by Gasteiger charge is -2.11. The minimum absolute atomic E-state index is 0.0727. The molecule has 3 rings (SSSR count). The van der Waals surface area contributed by atoms with Gasteiger partial charge in [-0.15, -0.1) is 0 Å². The molecule has 0 aliphatic heterocycles. The lowest BCUT2D eigenvalue weighted by molar-refractivity contribution is -0.141. The van der Waals surface area contributed by atoms with Crippen LogP contribution in [0.4, 0.5) is 13.2 Å². The van der Waals surface area contributed by atoms with E-state index in [-0.39, 0.29) is 16.7 Å². The largest absolute Gasteiger partial charge is 0.493 e. The van der Waals surface area contributed by atoms with E-state index in [9.17, 15) is 23.1 Å². The molecule has 0 aliphatic carbocycles. The van der Waals surface area contributed by atoms with Gasteiger partial charge in [0.05, 0.1) is 17.3 Å². The van der Waals surface area contributed by atoms with Crippen molar-refractivity contribution in [1.82, 2.24) is 19.5 Å². The molecule has 0 saturated carbocycles. The maximum absolute atomic E-state index is 12.8. The van der Waals surface area contributed by atoms with Gasteiger partial charge >= 0.3 is 11.9 Å². The molecule has 0 unspecified atom stereocenters. The average Bonchev–Trinajstić information content (AvgIpc) is 2.47. The highest BCUT2D eigenvalue weighted by molar-refractivity contribution is 5.81. The fraction of sp³-hybridized carbons (Fsp3) is 0.0769. The minimum Gasteiger partial charge on any atom is -0.493 e. The Hall–Kier alpha value is -2.97. The third-order valence-electron chi connectivity index (χ3n) is 2.92. The van der Waals surface area contributed by atoms with E-state index in [0.717, 1.165) is 10.6 Å². The maximum atomic E-state index is 12.8. The number of hydrogen-bond donors (Lipinski definition) is 1. The number of aromatic hydroxyl groups is 1. The van der Waals surface area contributed by atoms with Crippen LogP contribution in [0.3, 0.4) is 0 Å². The highest BCUT2D eigenvalue weighted by Gasteiger charge is 2.33. The van der Waals surface area contributed by atoms with Gasteiger partial charge in [0.15, 0.2) is 5.65 Å². The molecule has 3 heterocycles. The lowest BCUT2D eigenvalue weighted by Crippen LogP contribution is -2.23. The van der Waals surface area contributed by atoms with Crippen molar-refractivity contribution >= 4 is 11.0 Å². The normalized spacial score (nSPS) is 11.8. The maximum Gasteiger partial charge on any atom is 0.433 e. The van der Waals surface area contributed by atoms with Gasteiger partial charge in [0.1, 0.15) is 5.69 Å². The zero-order valence-corrected chi connectivity index (χ0v) is 10.7. The summed E-state index contributed by atoms with van der Waals surface area (Å²) in [6, 6.07) is 4.70. The third-order valence-corrected chi connectivity index (χ3v) is 2.92. The first-order valence-corrected chi connectivity index (χ1v) is 5.98. The molecule has 0 aromatic carbocycles. The van der Waals surface area contributed by atoms with E-state index >= 15 is 0 Å². The van der Waals surface area contributed by atoms with Crippen molar-refractivity contribution in [2.75, 3.05) is 0 Å². The molecule has 3 aromatic rings. The van der Waals surface area contributed by atoms with Gasteiger partial charge in [-0.05, 0) is 24.3 Å². The first-order valence-electron chi connectivity index (χ1n) is 5.98. The Bertz CT molecular complexity index is 907. The summed E-state index contributed by atoms with van der Waals surface area (Å²) in [4.78, 5) is 22.6. The van der Waals surface area contributed by atoms with Crippen LogP contribution in [-0.4, -0.2) is 24.6 Å². The smallest absolute Gasteiger partial charge is 0.433 e. The highest BCUT2D eigenvalue weighted by Crippen LogP contribution is 2.30. The second-order valence-electron chi connectivity index (χ2n) is 4.33. The molecular weight excluding hydrogens is 301 g/mol. The number of alkyl halides is 3. The van der Waals surface area contributed by atoms with Crippen LogP contribution >= 0.6 is 0 Å². The number of aromatic nitrogens is 4. The van der Waals surface area contributed by atoms with Crippen LogP contribution in [0, 0.1) is 0 Å². The Kier molecular flexibility index (Phi) is 3.05. The standard InChI is InChI=1S/C13H7F3N4O2/c14-13(15,16)9-4-3-8-10(18-9)20(12(22)19-11(8)21)7-2-1-5-17-6-7/h1-6H,(H,19,21,22). The molecule has 1 N–H and O–H groups in total. The molecule has 0 saturated heterocycles. The third kappa shape index (κ3) is 2.26. The van der Waals surface area contributed by atoms with Gasteiger partial charge in [-0.1, -0.05) is 0 Å². The first kappa shape index (κ1) is 14.0. The fourth-order valence-electron chi connectivity index (χ4n) is 1.96. The summed E-state index contributed by atoms with van der Waals surface area (Å²) in [6.07, 6.45) is -1.95. The van der Waals surface area contributed by atoms with Crippen LogP contribution < -0.4 is 5.69 Å². The molecule has 6 nitrogen and oxygen atoms in total. The molecule has 0 aliphatic rings. The minimum atomic E-state index is -4.68. The van der Waals surface area contributed by atoms with Gasteiger partial charge in [-0.2, -0.15) is 18.2 Å². The van der Waals surface area contributed by atoms with Crippen LogP contribution in [-0.2, 0) is 6.18 Å². The van der Waals surface area contributed by atoms with E-state index in [1.54, 1.807) is 0 Å². The SMILES string of the molecule is O=c1nc(O)c2ccc(C(F)(F)F)nc2n1-c1cccnc1. The quantitative estimate of drug-likeness (QED) is 0.742. The summed E-state index contributed by atoms with van der Waals surface area (Å²) in [6.45, 7) is 0. The number of hydrogen-bond acceptors (Lipinski definition) is 5. The van der Waals surface area contributed by atoms with E-state index < -0.39 is 23.4 Å². The molecule has 112 valence electrons. The van der Waals surface area contributed by atoms with Crippen LogP contribution in [0.15, 0.2) is 41.5 Å². The zero-order chi connectivity index (χ0) is 15.9. The Balaban J connectivity index is 2.42. The van der Waals surface area contributed by atoms with Gasteiger partial charge in [-0.3, -0.25) is 4.98 Å². The van der Waals surface area contributed by atoms with Gasteiger partial charge in [0, 0.05) is 6.20 Å². The van der Waals surface area contributed by atoms with Crippen molar-refractivity contribution < 1.29 is 18.3 Å². The summed E-state index contributed by atoms with van der Waals surface area (Å²) >= 11 is 0. The Morgan fingerprint density at radius 2 is 1.91 bits per heavy atom. The topological polar surface area (TPSA) is 80.9 Å². The molecular formula is C13H7F3N4O2. The molecule has 0 bridgehead atoms. The molecule has 0 amide bonds. The molecule has 0 radical (unpaired) electrons. The van der Waals surface area contributed by atoms with Crippen molar-refractivity contribution in [2.24, 2.45) is 0 Å². The van der Waals surface area contributed by atoms with Gasteiger partial charge < -0.3 is 5.11 Å². The Morgan fingerprint density at radius 1 is 1.14 bits per heavy atom. The van der Waals surface area contributed by atoms with Crippen molar-refractivity contribution in [3.8, 4) is 11.6 Å². The molecule has 22 heavy (non-hydrogen) atoms. The van der Waals surface area contributed by atoms with Crippen LogP contribution in [0.1, 0.15) is 5.69 Å². The average molecular weight is 308 g/mol. The van der Waals surface area contributed by atoms with Crippen molar-refractivity contribution in [1.29, 1.82) is 0 Å². The number of pyridine rings is 2. The van der Waals surface area contributed by atoms with Gasteiger partial charge in [0.2, 0.25) is 5.88 Å². The summed E-state index contributed by atoms with van der Waals surface area (Å²) in [7, 11) is 0. The Morgan fingerprint density at radius 3 is 2.55 bits per heavy atom. The number of halogens is 3. The predicted octanol–water partition coefficient (Wildman–Crippen LogP) is 1.90. The van der Waals surface area contributed by atoms with Crippen LogP contribution in [0.25, 0.3) is 16.7 Å². The van der Waals surface area contributed by atoms with E-state index in [4.69, 9.17) is 0 Å². The highest BCUT2D eigenvalue weighted by atomic mass is 19.4. The van der Waals surface area contributed by atoms with Crippen LogP contribution in [0.2, 0.25) is 0 Å². The zero-order valence-electron chi connectivity index (χ0n) is 10.7. The number of nitrogens with zero attached hydrogens (tertiary/aromatic N) is 4.